The smallest absolute Gasteiger partial charge is 0.356 e. The maximum atomic E-state index is 3.89. The average Bonchev–Trinajstić information content (AvgIpc) is 2.24. The van der Waals surface area contributed by atoms with Crippen LogP contribution >= 0.6 is 0 Å². The van der Waals surface area contributed by atoms with E-state index in [1.807, 2.05) is 6.08 Å². The van der Waals surface area contributed by atoms with Crippen LogP contribution in [0.4, 0.5) is 0 Å². The Labute approximate surface area is 120 Å². The summed E-state index contributed by atoms with van der Waals surface area (Å²) in [5.41, 5.74) is 4.26. The molecule has 0 saturated heterocycles. The van der Waals surface area contributed by atoms with E-state index in [-0.39, 0.29) is 18.6 Å². The van der Waals surface area contributed by atoms with Gasteiger partial charge in [0, 0.05) is 0 Å². The molecule has 0 aromatic rings. The molecule has 0 nitrogen and oxygen atoms in total. The SMILES string of the molecule is [CH2-]/C=C(\C[CH2-])CC/C=C(\C)CCC=C(C)C.[V+2]. The molecule has 0 aliphatic rings. The van der Waals surface area contributed by atoms with Crippen molar-refractivity contribution in [2.45, 2.75) is 52.9 Å². The van der Waals surface area contributed by atoms with Crippen LogP contribution in [0.25, 0.3) is 0 Å². The Morgan fingerprint density at radius 2 is 1.59 bits per heavy atom. The van der Waals surface area contributed by atoms with E-state index in [9.17, 15) is 0 Å². The molecule has 0 spiro atoms. The molecule has 0 rings (SSSR count). The minimum absolute atomic E-state index is 0. The Balaban J connectivity index is 0. The summed E-state index contributed by atoms with van der Waals surface area (Å²) in [7, 11) is 0. The van der Waals surface area contributed by atoms with Gasteiger partial charge in [-0.05, 0) is 40.0 Å². The third kappa shape index (κ3) is 11.9. The summed E-state index contributed by atoms with van der Waals surface area (Å²) >= 11 is 0. The maximum absolute atomic E-state index is 3.89. The van der Waals surface area contributed by atoms with Crippen molar-refractivity contribution in [2.75, 3.05) is 0 Å². The van der Waals surface area contributed by atoms with Gasteiger partial charge in [0.25, 0.3) is 0 Å². The van der Waals surface area contributed by atoms with Crippen molar-refractivity contribution in [1.82, 2.24) is 0 Å². The Morgan fingerprint density at radius 3 is 2.06 bits per heavy atom. The second-order valence-electron chi connectivity index (χ2n) is 4.52. The second kappa shape index (κ2) is 12.1. The third-order valence-corrected chi connectivity index (χ3v) is 2.66. The number of hydrogen-bond acceptors (Lipinski definition) is 0. The molecule has 0 fully saturated rings. The molecule has 0 heterocycles. The van der Waals surface area contributed by atoms with E-state index in [1.54, 1.807) is 0 Å². The first kappa shape index (κ1) is 19.0. The summed E-state index contributed by atoms with van der Waals surface area (Å²) in [4.78, 5) is 0. The fourth-order valence-corrected chi connectivity index (χ4v) is 1.52. The van der Waals surface area contributed by atoms with Crippen LogP contribution in [0.2, 0.25) is 0 Å². The van der Waals surface area contributed by atoms with E-state index in [2.05, 4.69) is 46.8 Å². The summed E-state index contributed by atoms with van der Waals surface area (Å²) in [6.45, 7) is 14.2. The van der Waals surface area contributed by atoms with E-state index in [1.165, 1.54) is 23.1 Å². The van der Waals surface area contributed by atoms with Crippen molar-refractivity contribution in [2.24, 2.45) is 0 Å². The molecule has 0 bridgehead atoms. The molecule has 0 unspecified atom stereocenters. The first-order valence-corrected chi connectivity index (χ1v) is 6.15. The molecule has 0 N–H and O–H groups in total. The monoisotopic (exact) mass is 269 g/mol. The van der Waals surface area contributed by atoms with Gasteiger partial charge in [-0.2, -0.15) is 0 Å². The van der Waals surface area contributed by atoms with Crippen molar-refractivity contribution in [3.63, 3.8) is 0 Å². The van der Waals surface area contributed by atoms with Crippen LogP contribution in [-0.4, -0.2) is 0 Å². The summed E-state index contributed by atoms with van der Waals surface area (Å²) in [5.74, 6) is 0. The Bertz CT molecular complexity index is 265. The van der Waals surface area contributed by atoms with E-state index >= 15 is 0 Å². The predicted molar refractivity (Wildman–Crippen MR) is 75.1 cm³/mol. The summed E-state index contributed by atoms with van der Waals surface area (Å²) in [6.07, 6.45) is 12.0. The molecule has 0 aliphatic heterocycles. The van der Waals surface area contributed by atoms with Crippen LogP contribution in [0.15, 0.2) is 34.9 Å². The first-order chi connectivity index (χ1) is 7.60. The van der Waals surface area contributed by atoms with Crippen LogP contribution in [-0.2, 0) is 18.6 Å². The largest absolute Gasteiger partial charge is 2.00 e. The van der Waals surface area contributed by atoms with Crippen LogP contribution in [0, 0.1) is 13.8 Å². The summed E-state index contributed by atoms with van der Waals surface area (Å²) in [5, 5.41) is 0. The third-order valence-electron chi connectivity index (χ3n) is 2.66. The van der Waals surface area contributed by atoms with Crippen LogP contribution in [0.3, 0.4) is 0 Å². The van der Waals surface area contributed by atoms with Crippen LogP contribution in [0.5, 0.6) is 0 Å². The predicted octanol–water partition coefficient (Wildman–Crippen LogP) is 5.44. The van der Waals surface area contributed by atoms with Gasteiger partial charge >= 0.3 is 18.6 Å². The van der Waals surface area contributed by atoms with Crippen molar-refractivity contribution < 1.29 is 18.6 Å². The number of allylic oxidation sites excluding steroid dienone is 6. The number of rotatable bonds is 7. The molecule has 0 atom stereocenters. The zero-order chi connectivity index (χ0) is 12.4. The van der Waals surface area contributed by atoms with E-state index in [0.29, 0.717) is 0 Å². The Morgan fingerprint density at radius 1 is 1.00 bits per heavy atom. The zero-order valence-electron chi connectivity index (χ0n) is 11.6. The van der Waals surface area contributed by atoms with E-state index in [0.717, 1.165) is 25.7 Å². The van der Waals surface area contributed by atoms with Gasteiger partial charge in [0.2, 0.25) is 0 Å². The molecule has 1 heteroatoms. The molecule has 17 heavy (non-hydrogen) atoms. The quantitative estimate of drug-likeness (QED) is 0.426. The molecule has 0 amide bonds. The van der Waals surface area contributed by atoms with Crippen molar-refractivity contribution in [3.05, 3.63) is 48.8 Å². The van der Waals surface area contributed by atoms with Gasteiger partial charge < -0.3 is 6.92 Å². The van der Waals surface area contributed by atoms with Gasteiger partial charge in [-0.25, -0.2) is 25.0 Å². The van der Waals surface area contributed by atoms with Gasteiger partial charge in [-0.3, -0.25) is 0 Å². The van der Waals surface area contributed by atoms with E-state index in [4.69, 9.17) is 0 Å². The standard InChI is InChI=1S/C16H26.V/c1-6-16(7-2)13-9-12-15(5)11-8-10-14(3)4;/h6,10,12H,1-2,7-9,11,13H2,3-5H3;/q-2;+2/b15-12+,16-6+;. The normalized spacial score (nSPS) is 12.0. The fourth-order valence-electron chi connectivity index (χ4n) is 1.52. The fraction of sp³-hybridized carbons (Fsp3) is 0.500. The molecule has 0 aromatic heterocycles. The van der Waals surface area contributed by atoms with E-state index < -0.39 is 0 Å². The van der Waals surface area contributed by atoms with Gasteiger partial charge in [-0.1, -0.05) is 29.7 Å². The molecular weight excluding hydrogens is 243 g/mol. The molecule has 0 aromatic carbocycles. The zero-order valence-corrected chi connectivity index (χ0v) is 13.0. The molecule has 0 saturated carbocycles. The van der Waals surface area contributed by atoms with Gasteiger partial charge in [0.15, 0.2) is 0 Å². The van der Waals surface area contributed by atoms with Crippen molar-refractivity contribution in [3.8, 4) is 0 Å². The minimum atomic E-state index is 0. The van der Waals surface area contributed by atoms with Crippen molar-refractivity contribution in [1.29, 1.82) is 0 Å². The average molecular weight is 269 g/mol. The number of hydrogen-bond donors (Lipinski definition) is 0. The summed E-state index contributed by atoms with van der Waals surface area (Å²) < 4.78 is 0. The minimum Gasteiger partial charge on any atom is -0.356 e. The Kier molecular flexibility index (Phi) is 13.6. The van der Waals surface area contributed by atoms with Gasteiger partial charge in [0.1, 0.15) is 0 Å². The van der Waals surface area contributed by atoms with Crippen LogP contribution in [0.1, 0.15) is 52.9 Å². The second-order valence-corrected chi connectivity index (χ2v) is 4.52. The van der Waals surface area contributed by atoms with Crippen LogP contribution < -0.4 is 0 Å². The molecule has 0 aliphatic carbocycles. The molecular formula is C16H26V. The Hall–Kier alpha value is -0.326. The molecule has 1 radical (unpaired) electrons. The van der Waals surface area contributed by atoms with Crippen molar-refractivity contribution >= 4 is 0 Å². The van der Waals surface area contributed by atoms with Gasteiger partial charge in [-0.15, -0.1) is 0 Å². The first-order valence-electron chi connectivity index (χ1n) is 6.15. The topological polar surface area (TPSA) is 0 Å². The summed E-state index contributed by atoms with van der Waals surface area (Å²) in [6, 6.07) is 0. The maximum Gasteiger partial charge on any atom is 2.00 e. The molecule has 95 valence electrons. The van der Waals surface area contributed by atoms with Gasteiger partial charge in [0.05, 0.1) is 0 Å².